The van der Waals surface area contributed by atoms with Crippen LogP contribution in [0, 0.1) is 5.41 Å². The van der Waals surface area contributed by atoms with Crippen LogP contribution in [0.5, 0.6) is 0 Å². The summed E-state index contributed by atoms with van der Waals surface area (Å²) in [6.07, 6.45) is -0.00343. The molecule has 9 heteroatoms. The van der Waals surface area contributed by atoms with E-state index in [1.54, 1.807) is 20.8 Å². The second-order valence-corrected chi connectivity index (χ2v) is 10.7. The van der Waals surface area contributed by atoms with Crippen LogP contribution in [0.2, 0.25) is 0 Å². The summed E-state index contributed by atoms with van der Waals surface area (Å²) in [6.45, 7) is 11.7. The van der Waals surface area contributed by atoms with Gasteiger partial charge in [0.2, 0.25) is 5.91 Å². The second kappa shape index (κ2) is 11.6. The van der Waals surface area contributed by atoms with Gasteiger partial charge in [0.15, 0.2) is 0 Å². The standard InChI is InChI=1S/C17H32N2O5S2/c1-16(2,3)11-12(19-15(23)24-17(4,5)6)14(22)18-8-10-26-25-9-7-13(20)21/h12H,7-11H2,1-6H3,(H,18,22)(H,19,23)(H,20,21). The molecule has 0 spiro atoms. The van der Waals surface area contributed by atoms with E-state index in [4.69, 9.17) is 9.84 Å². The highest BCUT2D eigenvalue weighted by molar-refractivity contribution is 8.76. The highest BCUT2D eigenvalue weighted by Crippen LogP contribution is 2.22. The summed E-state index contributed by atoms with van der Waals surface area (Å²) in [6, 6.07) is -0.672. The molecule has 152 valence electrons. The van der Waals surface area contributed by atoms with E-state index in [1.807, 2.05) is 20.8 Å². The number of nitrogens with one attached hydrogen (secondary N) is 2. The molecule has 0 aromatic rings. The average molecular weight is 409 g/mol. The smallest absolute Gasteiger partial charge is 0.408 e. The van der Waals surface area contributed by atoms with Gasteiger partial charge in [-0.3, -0.25) is 9.59 Å². The van der Waals surface area contributed by atoms with Crippen LogP contribution in [0.1, 0.15) is 54.4 Å². The molecule has 26 heavy (non-hydrogen) atoms. The van der Waals surface area contributed by atoms with Crippen LogP contribution in [0.15, 0.2) is 0 Å². The molecule has 0 aliphatic heterocycles. The number of amides is 2. The lowest BCUT2D eigenvalue weighted by atomic mass is 9.88. The minimum atomic E-state index is -0.815. The summed E-state index contributed by atoms with van der Waals surface area (Å²) in [5.41, 5.74) is -0.769. The van der Waals surface area contributed by atoms with E-state index in [-0.39, 0.29) is 17.7 Å². The Morgan fingerprint density at radius 3 is 2.12 bits per heavy atom. The molecule has 2 amide bonds. The zero-order chi connectivity index (χ0) is 20.4. The second-order valence-electron chi connectivity index (χ2n) is 8.04. The van der Waals surface area contributed by atoms with Crippen molar-refractivity contribution >= 4 is 39.6 Å². The maximum atomic E-state index is 12.4. The van der Waals surface area contributed by atoms with Crippen molar-refractivity contribution in [1.29, 1.82) is 0 Å². The highest BCUT2D eigenvalue weighted by atomic mass is 33.1. The molecular weight excluding hydrogens is 376 g/mol. The number of rotatable bonds is 10. The van der Waals surface area contributed by atoms with E-state index >= 15 is 0 Å². The summed E-state index contributed by atoms with van der Waals surface area (Å²) in [5.74, 6) is 0.123. The third kappa shape index (κ3) is 15.2. The summed E-state index contributed by atoms with van der Waals surface area (Å²) in [7, 11) is 2.97. The van der Waals surface area contributed by atoms with E-state index in [1.165, 1.54) is 21.6 Å². The van der Waals surface area contributed by atoms with Crippen molar-refractivity contribution in [3.8, 4) is 0 Å². The normalized spacial score (nSPS) is 13.0. The van der Waals surface area contributed by atoms with Crippen molar-refractivity contribution in [2.24, 2.45) is 5.41 Å². The van der Waals surface area contributed by atoms with E-state index in [9.17, 15) is 14.4 Å². The molecule has 0 aliphatic carbocycles. The van der Waals surface area contributed by atoms with Gasteiger partial charge in [0.05, 0.1) is 6.42 Å². The Hall–Kier alpha value is -1.09. The van der Waals surface area contributed by atoms with Gasteiger partial charge in [0, 0.05) is 18.1 Å². The minimum absolute atomic E-state index is 0.123. The van der Waals surface area contributed by atoms with Gasteiger partial charge in [-0.2, -0.15) is 0 Å². The quantitative estimate of drug-likeness (QED) is 0.376. The molecule has 0 aromatic heterocycles. The number of ether oxygens (including phenoxy) is 1. The fraction of sp³-hybridized carbons (Fsp3) is 0.824. The van der Waals surface area contributed by atoms with Crippen molar-refractivity contribution in [2.45, 2.75) is 66.0 Å². The molecule has 1 unspecified atom stereocenters. The molecule has 1 atom stereocenters. The predicted octanol–water partition coefficient (Wildman–Crippen LogP) is 3.29. The van der Waals surface area contributed by atoms with E-state index in [0.717, 1.165) is 0 Å². The fourth-order valence-electron chi connectivity index (χ4n) is 1.86. The number of hydrogen-bond acceptors (Lipinski definition) is 6. The number of carboxylic acid groups (broad SMARTS) is 1. The monoisotopic (exact) mass is 408 g/mol. The van der Waals surface area contributed by atoms with Gasteiger partial charge >= 0.3 is 12.1 Å². The van der Waals surface area contributed by atoms with E-state index in [2.05, 4.69) is 10.6 Å². The van der Waals surface area contributed by atoms with Crippen LogP contribution in [0.4, 0.5) is 4.79 Å². The van der Waals surface area contributed by atoms with E-state index < -0.39 is 23.7 Å². The summed E-state index contributed by atoms with van der Waals surface area (Å²) < 4.78 is 5.24. The Kier molecular flexibility index (Phi) is 11.1. The summed E-state index contributed by atoms with van der Waals surface area (Å²) in [4.78, 5) is 34.8. The molecule has 3 N–H and O–H groups in total. The van der Waals surface area contributed by atoms with Gasteiger partial charge in [-0.15, -0.1) is 0 Å². The van der Waals surface area contributed by atoms with Crippen molar-refractivity contribution in [1.82, 2.24) is 10.6 Å². The lowest BCUT2D eigenvalue weighted by Crippen LogP contribution is -2.50. The molecule has 0 saturated carbocycles. The zero-order valence-corrected chi connectivity index (χ0v) is 18.1. The van der Waals surface area contributed by atoms with Crippen LogP contribution >= 0.6 is 21.6 Å². The summed E-state index contributed by atoms with van der Waals surface area (Å²) in [5, 5.41) is 14.0. The third-order valence-corrected chi connectivity index (χ3v) is 5.20. The number of hydrogen-bond donors (Lipinski definition) is 3. The molecule has 0 saturated heterocycles. The lowest BCUT2D eigenvalue weighted by Gasteiger charge is -2.27. The number of carboxylic acids is 1. The Balaban J connectivity index is 4.39. The van der Waals surface area contributed by atoms with Crippen molar-refractivity contribution in [3.63, 3.8) is 0 Å². The Morgan fingerprint density at radius 1 is 1.04 bits per heavy atom. The van der Waals surface area contributed by atoms with Crippen molar-refractivity contribution < 1.29 is 24.2 Å². The van der Waals surface area contributed by atoms with E-state index in [0.29, 0.717) is 24.5 Å². The van der Waals surface area contributed by atoms with Crippen LogP contribution in [-0.4, -0.2) is 52.8 Å². The zero-order valence-electron chi connectivity index (χ0n) is 16.5. The summed E-state index contributed by atoms with van der Waals surface area (Å²) >= 11 is 0. The van der Waals surface area contributed by atoms with Gasteiger partial charge in [-0.05, 0) is 32.6 Å². The first kappa shape index (κ1) is 24.9. The number of aliphatic carboxylic acids is 1. The molecular formula is C17H32N2O5S2. The Labute approximate surface area is 164 Å². The number of carbonyl (C=O) groups is 3. The molecule has 0 heterocycles. The maximum absolute atomic E-state index is 12.4. The first-order chi connectivity index (χ1) is 11.8. The average Bonchev–Trinajstić information content (AvgIpc) is 2.41. The molecule has 0 aliphatic rings. The molecule has 7 nitrogen and oxygen atoms in total. The van der Waals surface area contributed by atoms with Crippen LogP contribution in [0.3, 0.4) is 0 Å². The van der Waals surface area contributed by atoms with Gasteiger partial charge in [0.25, 0.3) is 0 Å². The number of carbonyl (C=O) groups excluding carboxylic acids is 2. The van der Waals surface area contributed by atoms with Crippen LogP contribution < -0.4 is 10.6 Å². The van der Waals surface area contributed by atoms with Gasteiger partial charge in [-0.1, -0.05) is 42.4 Å². The van der Waals surface area contributed by atoms with Crippen molar-refractivity contribution in [2.75, 3.05) is 18.1 Å². The molecule has 0 bridgehead atoms. The third-order valence-electron chi connectivity index (χ3n) is 2.79. The van der Waals surface area contributed by atoms with Gasteiger partial charge < -0.3 is 20.5 Å². The SMILES string of the molecule is CC(C)(C)CC(NC(=O)OC(C)(C)C)C(=O)NCCSSCCC(=O)O. The molecule has 0 rings (SSSR count). The Bertz CT molecular complexity index is 473. The lowest BCUT2D eigenvalue weighted by molar-refractivity contribution is -0.136. The minimum Gasteiger partial charge on any atom is -0.481 e. The topological polar surface area (TPSA) is 105 Å². The Morgan fingerprint density at radius 2 is 1.62 bits per heavy atom. The van der Waals surface area contributed by atoms with Gasteiger partial charge in [0.1, 0.15) is 11.6 Å². The number of alkyl carbamates (subject to hydrolysis) is 1. The molecule has 0 aromatic carbocycles. The highest BCUT2D eigenvalue weighted by Gasteiger charge is 2.28. The predicted molar refractivity (Wildman–Crippen MR) is 107 cm³/mol. The molecule has 0 radical (unpaired) electrons. The first-order valence-corrected chi connectivity index (χ1v) is 11.0. The first-order valence-electron chi connectivity index (χ1n) is 8.53. The largest absolute Gasteiger partial charge is 0.481 e. The van der Waals surface area contributed by atoms with Crippen LogP contribution in [0.25, 0.3) is 0 Å². The van der Waals surface area contributed by atoms with Gasteiger partial charge in [-0.25, -0.2) is 4.79 Å². The maximum Gasteiger partial charge on any atom is 0.408 e. The van der Waals surface area contributed by atoms with Crippen LogP contribution in [-0.2, 0) is 14.3 Å². The van der Waals surface area contributed by atoms with Crippen molar-refractivity contribution in [3.05, 3.63) is 0 Å². The fourth-order valence-corrected chi connectivity index (χ4v) is 3.74. The molecule has 0 fully saturated rings.